The molecule has 1 aliphatic carbocycles. The lowest BCUT2D eigenvalue weighted by atomic mass is 9.95. The van der Waals surface area contributed by atoms with Crippen LogP contribution in [0.25, 0.3) is 0 Å². The molecule has 1 fully saturated rings. The van der Waals surface area contributed by atoms with Crippen molar-refractivity contribution in [1.82, 2.24) is 5.32 Å². The maximum Gasteiger partial charge on any atom is 0.258 e. The van der Waals surface area contributed by atoms with Gasteiger partial charge >= 0.3 is 0 Å². The number of methoxy groups -OCH3 is 1. The van der Waals surface area contributed by atoms with Crippen molar-refractivity contribution in [3.05, 3.63) is 23.2 Å². The first-order chi connectivity index (χ1) is 9.69. The Hall–Kier alpha value is -1.42. The molecule has 1 aromatic rings. The van der Waals surface area contributed by atoms with E-state index in [1.54, 1.807) is 25.3 Å². The lowest BCUT2D eigenvalue weighted by Gasteiger charge is -2.22. The number of hydrogen-bond donors (Lipinski definition) is 1. The Bertz CT molecular complexity index is 458. The summed E-state index contributed by atoms with van der Waals surface area (Å²) in [5.41, 5.74) is 0. The van der Waals surface area contributed by atoms with Crippen molar-refractivity contribution >= 4 is 17.5 Å². The number of halogens is 1. The standard InChI is InChI=1S/C15H20ClNO3/c1-19-14-9-12(7-8-13(14)16)20-10-15(18)17-11-5-3-2-4-6-11/h7-9,11H,2-6,10H2,1H3,(H,17,18). The van der Waals surface area contributed by atoms with E-state index in [0.717, 1.165) is 12.8 Å². The molecule has 0 spiro atoms. The Balaban J connectivity index is 1.80. The van der Waals surface area contributed by atoms with Gasteiger partial charge in [0.2, 0.25) is 0 Å². The highest BCUT2D eigenvalue weighted by atomic mass is 35.5. The molecule has 0 aromatic heterocycles. The van der Waals surface area contributed by atoms with Crippen molar-refractivity contribution in [3.63, 3.8) is 0 Å². The van der Waals surface area contributed by atoms with Crippen LogP contribution in [0.2, 0.25) is 5.02 Å². The third kappa shape index (κ3) is 4.30. The SMILES string of the molecule is COc1cc(OCC(=O)NC2CCCCC2)ccc1Cl. The van der Waals surface area contributed by atoms with Crippen LogP contribution < -0.4 is 14.8 Å². The number of hydrogen-bond acceptors (Lipinski definition) is 3. The lowest BCUT2D eigenvalue weighted by molar-refractivity contribution is -0.124. The van der Waals surface area contributed by atoms with Gasteiger partial charge in [-0.05, 0) is 25.0 Å². The van der Waals surface area contributed by atoms with E-state index in [4.69, 9.17) is 21.1 Å². The Morgan fingerprint density at radius 2 is 2.10 bits per heavy atom. The molecule has 0 saturated heterocycles. The molecule has 0 aliphatic heterocycles. The number of carbonyl (C=O) groups is 1. The van der Waals surface area contributed by atoms with Crippen molar-refractivity contribution in [1.29, 1.82) is 0 Å². The smallest absolute Gasteiger partial charge is 0.258 e. The van der Waals surface area contributed by atoms with E-state index in [1.807, 2.05) is 0 Å². The molecule has 0 radical (unpaired) electrons. The van der Waals surface area contributed by atoms with Crippen molar-refractivity contribution in [2.45, 2.75) is 38.1 Å². The average molecular weight is 298 g/mol. The second kappa shape index (κ2) is 7.39. The van der Waals surface area contributed by atoms with Gasteiger partial charge < -0.3 is 14.8 Å². The first kappa shape index (κ1) is 15.0. The van der Waals surface area contributed by atoms with Gasteiger partial charge in [-0.3, -0.25) is 4.79 Å². The summed E-state index contributed by atoms with van der Waals surface area (Å²) in [5, 5.41) is 3.53. The zero-order valence-electron chi connectivity index (χ0n) is 11.7. The molecule has 0 heterocycles. The van der Waals surface area contributed by atoms with Crippen molar-refractivity contribution in [2.75, 3.05) is 13.7 Å². The van der Waals surface area contributed by atoms with Gasteiger partial charge in [0.1, 0.15) is 11.5 Å². The fourth-order valence-electron chi connectivity index (χ4n) is 2.40. The summed E-state index contributed by atoms with van der Waals surface area (Å²) < 4.78 is 10.6. The first-order valence-corrected chi connectivity index (χ1v) is 7.32. The third-order valence-electron chi connectivity index (χ3n) is 3.46. The van der Waals surface area contributed by atoms with Crippen LogP contribution in [0.3, 0.4) is 0 Å². The Morgan fingerprint density at radius 1 is 1.35 bits per heavy atom. The highest BCUT2D eigenvalue weighted by Gasteiger charge is 2.15. The third-order valence-corrected chi connectivity index (χ3v) is 3.78. The van der Waals surface area contributed by atoms with Crippen LogP contribution in [0.5, 0.6) is 11.5 Å². The van der Waals surface area contributed by atoms with Gasteiger partial charge in [0.25, 0.3) is 5.91 Å². The molecule has 4 nitrogen and oxygen atoms in total. The van der Waals surface area contributed by atoms with Gasteiger partial charge in [-0.15, -0.1) is 0 Å². The molecule has 0 bridgehead atoms. The van der Waals surface area contributed by atoms with Gasteiger partial charge in [0, 0.05) is 12.1 Å². The van der Waals surface area contributed by atoms with Crippen LogP contribution in [0, 0.1) is 0 Å². The summed E-state index contributed by atoms with van der Waals surface area (Å²) in [7, 11) is 1.54. The maximum absolute atomic E-state index is 11.8. The van der Waals surface area contributed by atoms with Crippen LogP contribution >= 0.6 is 11.6 Å². The Labute approximate surface area is 124 Å². The number of amides is 1. The number of nitrogens with one attached hydrogen (secondary N) is 1. The van der Waals surface area contributed by atoms with Gasteiger partial charge in [0.05, 0.1) is 12.1 Å². The van der Waals surface area contributed by atoms with Crippen LogP contribution in [0.4, 0.5) is 0 Å². The molecule has 1 amide bonds. The predicted octanol–water partition coefficient (Wildman–Crippen LogP) is 3.18. The first-order valence-electron chi connectivity index (χ1n) is 6.95. The van der Waals surface area contributed by atoms with E-state index in [1.165, 1.54) is 19.3 Å². The highest BCUT2D eigenvalue weighted by molar-refractivity contribution is 6.32. The molecule has 110 valence electrons. The lowest BCUT2D eigenvalue weighted by Crippen LogP contribution is -2.38. The van der Waals surface area contributed by atoms with E-state index < -0.39 is 0 Å². The largest absolute Gasteiger partial charge is 0.495 e. The molecule has 0 atom stereocenters. The predicted molar refractivity (Wildman–Crippen MR) is 78.5 cm³/mol. The minimum absolute atomic E-state index is 0.0152. The average Bonchev–Trinajstić information content (AvgIpc) is 2.47. The number of benzene rings is 1. The van der Waals surface area contributed by atoms with Crippen molar-refractivity contribution < 1.29 is 14.3 Å². The van der Waals surface area contributed by atoms with E-state index >= 15 is 0 Å². The van der Waals surface area contributed by atoms with Crippen LogP contribution in [0.1, 0.15) is 32.1 Å². The summed E-state index contributed by atoms with van der Waals surface area (Å²) in [6.45, 7) is 0.0152. The molecule has 5 heteroatoms. The summed E-state index contributed by atoms with van der Waals surface area (Å²) in [6.07, 6.45) is 5.80. The zero-order chi connectivity index (χ0) is 14.4. The number of rotatable bonds is 5. The summed E-state index contributed by atoms with van der Waals surface area (Å²) in [4.78, 5) is 11.8. The zero-order valence-corrected chi connectivity index (χ0v) is 12.4. The van der Waals surface area contributed by atoms with Crippen molar-refractivity contribution in [2.24, 2.45) is 0 Å². The Kier molecular flexibility index (Phi) is 5.53. The molecular weight excluding hydrogens is 278 g/mol. The topological polar surface area (TPSA) is 47.6 Å². The minimum atomic E-state index is -0.0779. The van der Waals surface area contributed by atoms with E-state index in [0.29, 0.717) is 22.6 Å². The molecule has 0 unspecified atom stereocenters. The molecular formula is C15H20ClNO3. The molecule has 1 N–H and O–H groups in total. The fourth-order valence-corrected chi connectivity index (χ4v) is 2.59. The van der Waals surface area contributed by atoms with Crippen molar-refractivity contribution in [3.8, 4) is 11.5 Å². The van der Waals surface area contributed by atoms with Gasteiger partial charge in [-0.1, -0.05) is 30.9 Å². The van der Waals surface area contributed by atoms with E-state index in [9.17, 15) is 4.79 Å². The molecule has 2 rings (SSSR count). The fraction of sp³-hybridized carbons (Fsp3) is 0.533. The Morgan fingerprint density at radius 3 is 2.80 bits per heavy atom. The summed E-state index contributed by atoms with van der Waals surface area (Å²) in [6, 6.07) is 5.39. The molecule has 20 heavy (non-hydrogen) atoms. The van der Waals surface area contributed by atoms with E-state index in [2.05, 4.69) is 5.32 Å². The van der Waals surface area contributed by atoms with E-state index in [-0.39, 0.29) is 12.5 Å². The molecule has 1 aromatic carbocycles. The van der Waals surface area contributed by atoms with Crippen LogP contribution in [-0.2, 0) is 4.79 Å². The number of ether oxygens (including phenoxy) is 2. The second-order valence-electron chi connectivity index (χ2n) is 4.99. The molecule has 1 aliphatic rings. The minimum Gasteiger partial charge on any atom is -0.495 e. The second-order valence-corrected chi connectivity index (χ2v) is 5.39. The normalized spacial score (nSPS) is 15.7. The van der Waals surface area contributed by atoms with Gasteiger partial charge in [-0.2, -0.15) is 0 Å². The summed E-state index contributed by atoms with van der Waals surface area (Å²) in [5.74, 6) is 1.03. The molecule has 1 saturated carbocycles. The number of carbonyl (C=O) groups excluding carboxylic acids is 1. The maximum atomic E-state index is 11.8. The van der Waals surface area contributed by atoms with Crippen LogP contribution in [-0.4, -0.2) is 25.7 Å². The monoisotopic (exact) mass is 297 g/mol. The quantitative estimate of drug-likeness (QED) is 0.908. The van der Waals surface area contributed by atoms with Gasteiger partial charge in [0.15, 0.2) is 6.61 Å². The van der Waals surface area contributed by atoms with Crippen LogP contribution in [0.15, 0.2) is 18.2 Å². The van der Waals surface area contributed by atoms with Gasteiger partial charge in [-0.25, -0.2) is 0 Å². The summed E-state index contributed by atoms with van der Waals surface area (Å²) >= 11 is 5.93. The highest BCUT2D eigenvalue weighted by Crippen LogP contribution is 2.28.